The molecule has 0 saturated carbocycles. The van der Waals surface area contributed by atoms with Crippen molar-refractivity contribution >= 4 is 22.2 Å². The molecule has 0 heterocycles. The van der Waals surface area contributed by atoms with Gasteiger partial charge in [-0.2, -0.15) is 0 Å². The Morgan fingerprint density at radius 2 is 2.00 bits per heavy atom. The van der Waals surface area contributed by atoms with Crippen molar-refractivity contribution in [1.29, 1.82) is 0 Å². The van der Waals surface area contributed by atoms with Crippen molar-refractivity contribution in [2.75, 3.05) is 0 Å². The third-order valence-corrected chi connectivity index (χ3v) is 3.09. The summed E-state index contributed by atoms with van der Waals surface area (Å²) in [6, 6.07) is 6.00. The molecule has 13 heavy (non-hydrogen) atoms. The Bertz CT molecular complexity index is 329. The van der Waals surface area contributed by atoms with E-state index in [1.54, 1.807) is 0 Å². The number of halogens is 1. The number of aldehydes is 1. The summed E-state index contributed by atoms with van der Waals surface area (Å²) in [5, 5.41) is 0. The van der Waals surface area contributed by atoms with Gasteiger partial charge in [-0.25, -0.2) is 0 Å². The maximum absolute atomic E-state index is 10.8. The minimum atomic E-state index is -0.383. The summed E-state index contributed by atoms with van der Waals surface area (Å²) in [4.78, 5) is 10.8. The van der Waals surface area contributed by atoms with Crippen molar-refractivity contribution in [1.82, 2.24) is 0 Å². The third kappa shape index (κ3) is 2.19. The third-order valence-electron chi connectivity index (χ3n) is 2.20. The first kappa shape index (κ1) is 10.5. The summed E-state index contributed by atoms with van der Waals surface area (Å²) in [5.74, 6) is 0. The van der Waals surface area contributed by atoms with Gasteiger partial charge in [0.2, 0.25) is 0 Å². The van der Waals surface area contributed by atoms with E-state index in [0.29, 0.717) is 0 Å². The number of aryl methyl sites for hydroxylation is 1. The van der Waals surface area contributed by atoms with Gasteiger partial charge in [0.15, 0.2) is 0 Å². The highest BCUT2D eigenvalue weighted by Crippen LogP contribution is 2.25. The highest BCUT2D eigenvalue weighted by Gasteiger charge is 2.19. The van der Waals surface area contributed by atoms with Crippen LogP contribution in [0.25, 0.3) is 0 Å². The van der Waals surface area contributed by atoms with Crippen LogP contribution in [-0.2, 0) is 10.2 Å². The molecule has 1 aromatic rings. The van der Waals surface area contributed by atoms with Gasteiger partial charge in [-0.05, 0) is 38.0 Å². The molecule has 0 radical (unpaired) electrons. The lowest BCUT2D eigenvalue weighted by Crippen LogP contribution is -2.18. The van der Waals surface area contributed by atoms with Crippen LogP contribution in [0.4, 0.5) is 0 Å². The van der Waals surface area contributed by atoms with Crippen molar-refractivity contribution in [2.45, 2.75) is 26.2 Å². The molecule has 0 fully saturated rings. The number of benzene rings is 1. The van der Waals surface area contributed by atoms with E-state index < -0.39 is 0 Å². The van der Waals surface area contributed by atoms with Crippen LogP contribution in [0.2, 0.25) is 0 Å². The van der Waals surface area contributed by atoms with Crippen LogP contribution in [0.1, 0.15) is 25.0 Å². The van der Waals surface area contributed by atoms with E-state index in [1.165, 1.54) is 0 Å². The van der Waals surface area contributed by atoms with Crippen molar-refractivity contribution in [3.05, 3.63) is 33.8 Å². The zero-order chi connectivity index (χ0) is 10.1. The number of hydrogen-bond acceptors (Lipinski definition) is 1. The normalized spacial score (nSPS) is 11.4. The smallest absolute Gasteiger partial charge is 0.129 e. The summed E-state index contributed by atoms with van der Waals surface area (Å²) < 4.78 is 1.08. The van der Waals surface area contributed by atoms with Crippen LogP contribution >= 0.6 is 15.9 Å². The van der Waals surface area contributed by atoms with E-state index in [1.807, 2.05) is 39.0 Å². The van der Waals surface area contributed by atoms with Gasteiger partial charge in [0, 0.05) is 9.89 Å². The first-order valence-corrected chi connectivity index (χ1v) is 4.99. The second-order valence-corrected chi connectivity index (χ2v) is 4.66. The molecule has 0 aliphatic rings. The van der Waals surface area contributed by atoms with Gasteiger partial charge in [-0.3, -0.25) is 0 Å². The summed E-state index contributed by atoms with van der Waals surface area (Å²) >= 11 is 3.43. The summed E-state index contributed by atoms with van der Waals surface area (Å²) in [5.41, 5.74) is 1.83. The van der Waals surface area contributed by atoms with Gasteiger partial charge in [0.1, 0.15) is 6.29 Å². The number of carbonyl (C=O) groups is 1. The fourth-order valence-electron chi connectivity index (χ4n) is 1.11. The quantitative estimate of drug-likeness (QED) is 0.726. The lowest BCUT2D eigenvalue weighted by atomic mass is 9.86. The number of carbonyl (C=O) groups excluding carboxylic acids is 1. The zero-order valence-electron chi connectivity index (χ0n) is 8.10. The molecular formula is C11H13BrO. The molecule has 0 bridgehead atoms. The molecule has 0 amide bonds. The maximum Gasteiger partial charge on any atom is 0.129 e. The van der Waals surface area contributed by atoms with E-state index in [9.17, 15) is 4.79 Å². The second kappa shape index (κ2) is 3.62. The van der Waals surface area contributed by atoms with Gasteiger partial charge in [0.05, 0.1) is 0 Å². The molecule has 1 nitrogen and oxygen atoms in total. The minimum Gasteiger partial charge on any atom is -0.302 e. The maximum atomic E-state index is 10.8. The minimum absolute atomic E-state index is 0.383. The first-order valence-electron chi connectivity index (χ1n) is 4.20. The summed E-state index contributed by atoms with van der Waals surface area (Å²) in [6.45, 7) is 5.86. The molecule has 0 aliphatic carbocycles. The molecule has 0 N–H and O–H groups in total. The molecule has 1 aromatic carbocycles. The standard InChI is InChI=1S/C11H13BrO/c1-8-6-9(4-5-10(8)12)11(2,3)7-13/h4-7H,1-3H3. The van der Waals surface area contributed by atoms with Gasteiger partial charge in [-0.15, -0.1) is 0 Å². The van der Waals surface area contributed by atoms with E-state index in [-0.39, 0.29) is 5.41 Å². The lowest BCUT2D eigenvalue weighted by Gasteiger charge is -2.18. The second-order valence-electron chi connectivity index (χ2n) is 3.80. The molecule has 1 rings (SSSR count). The van der Waals surface area contributed by atoms with Crippen LogP contribution in [0.3, 0.4) is 0 Å². The largest absolute Gasteiger partial charge is 0.302 e. The Labute approximate surface area is 87.3 Å². The fraction of sp³-hybridized carbons (Fsp3) is 0.364. The first-order chi connectivity index (χ1) is 5.97. The average Bonchev–Trinajstić information content (AvgIpc) is 2.09. The Morgan fingerprint density at radius 1 is 1.38 bits per heavy atom. The van der Waals surface area contributed by atoms with Crippen molar-refractivity contribution < 1.29 is 4.79 Å². The Hall–Kier alpha value is -0.630. The highest BCUT2D eigenvalue weighted by atomic mass is 79.9. The average molecular weight is 241 g/mol. The van der Waals surface area contributed by atoms with Crippen LogP contribution in [0.5, 0.6) is 0 Å². The number of hydrogen-bond donors (Lipinski definition) is 0. The van der Waals surface area contributed by atoms with Gasteiger partial charge >= 0.3 is 0 Å². The molecule has 70 valence electrons. The lowest BCUT2D eigenvalue weighted by molar-refractivity contribution is -0.111. The van der Waals surface area contributed by atoms with E-state index in [4.69, 9.17) is 0 Å². The predicted molar refractivity (Wildman–Crippen MR) is 58.0 cm³/mol. The molecule has 0 aliphatic heterocycles. The highest BCUT2D eigenvalue weighted by molar-refractivity contribution is 9.10. The summed E-state index contributed by atoms with van der Waals surface area (Å²) in [6.07, 6.45) is 0.982. The van der Waals surface area contributed by atoms with Gasteiger partial charge in [0.25, 0.3) is 0 Å². The van der Waals surface area contributed by atoms with Gasteiger partial charge < -0.3 is 4.79 Å². The monoisotopic (exact) mass is 240 g/mol. The molecule has 2 heteroatoms. The molecule has 0 unspecified atom stereocenters. The van der Waals surface area contributed by atoms with E-state index >= 15 is 0 Å². The van der Waals surface area contributed by atoms with Crippen molar-refractivity contribution in [3.63, 3.8) is 0 Å². The Kier molecular flexibility index (Phi) is 2.91. The van der Waals surface area contributed by atoms with Crippen LogP contribution in [-0.4, -0.2) is 6.29 Å². The molecule has 0 atom stereocenters. The molecular weight excluding hydrogens is 228 g/mol. The topological polar surface area (TPSA) is 17.1 Å². The Balaban J connectivity index is 3.18. The fourth-order valence-corrected chi connectivity index (χ4v) is 1.36. The molecule has 0 aromatic heterocycles. The van der Waals surface area contributed by atoms with Crippen molar-refractivity contribution in [2.24, 2.45) is 0 Å². The summed E-state index contributed by atoms with van der Waals surface area (Å²) in [7, 11) is 0. The zero-order valence-corrected chi connectivity index (χ0v) is 9.68. The van der Waals surface area contributed by atoms with Gasteiger partial charge in [-0.1, -0.05) is 28.1 Å². The van der Waals surface area contributed by atoms with Crippen LogP contribution in [0.15, 0.2) is 22.7 Å². The van der Waals surface area contributed by atoms with E-state index in [0.717, 1.165) is 21.9 Å². The van der Waals surface area contributed by atoms with Crippen molar-refractivity contribution in [3.8, 4) is 0 Å². The van der Waals surface area contributed by atoms with E-state index in [2.05, 4.69) is 15.9 Å². The molecule has 0 spiro atoms. The van der Waals surface area contributed by atoms with Crippen LogP contribution in [0, 0.1) is 6.92 Å². The van der Waals surface area contributed by atoms with Crippen LogP contribution < -0.4 is 0 Å². The predicted octanol–water partition coefficient (Wildman–Crippen LogP) is 3.23. The number of rotatable bonds is 2. The Morgan fingerprint density at radius 3 is 2.46 bits per heavy atom. The SMILES string of the molecule is Cc1cc(C(C)(C)C=O)ccc1Br. The molecule has 0 saturated heterocycles.